The number of hydrogen-bond donors (Lipinski definition) is 0. The zero-order valence-electron chi connectivity index (χ0n) is 19.4. The van der Waals surface area contributed by atoms with Crippen molar-refractivity contribution in [1.82, 2.24) is 19.7 Å². The summed E-state index contributed by atoms with van der Waals surface area (Å²) in [5, 5.41) is 4.43. The molecule has 4 aromatic rings. The van der Waals surface area contributed by atoms with Crippen LogP contribution in [-0.2, 0) is 19.7 Å². The lowest BCUT2D eigenvalue weighted by atomic mass is 10.1. The topological polar surface area (TPSA) is 69.5 Å². The van der Waals surface area contributed by atoms with Crippen molar-refractivity contribution in [1.29, 1.82) is 0 Å². The Morgan fingerprint density at radius 1 is 0.941 bits per heavy atom. The van der Waals surface area contributed by atoms with E-state index in [1.165, 1.54) is 5.56 Å². The molecule has 0 aliphatic carbocycles. The number of pyridine rings is 1. The fourth-order valence-electron chi connectivity index (χ4n) is 3.58. The molecule has 7 heteroatoms. The normalized spacial score (nSPS) is 10.6. The average Bonchev–Trinajstić information content (AvgIpc) is 3.30. The van der Waals surface area contributed by atoms with Crippen LogP contribution in [0.5, 0.6) is 11.5 Å². The van der Waals surface area contributed by atoms with E-state index in [0.29, 0.717) is 43.4 Å². The number of carbonyl (C=O) groups is 1. The number of amides is 1. The van der Waals surface area contributed by atoms with Gasteiger partial charge in [-0.05, 0) is 48.4 Å². The van der Waals surface area contributed by atoms with E-state index in [4.69, 9.17) is 9.47 Å². The number of nitrogens with zero attached hydrogens (tertiary/aromatic N) is 4. The summed E-state index contributed by atoms with van der Waals surface area (Å²) in [6.07, 6.45) is 7.23. The van der Waals surface area contributed by atoms with Crippen LogP contribution in [0.15, 0.2) is 85.5 Å². The molecule has 174 valence electrons. The minimum Gasteiger partial charge on any atom is -0.490 e. The van der Waals surface area contributed by atoms with Crippen LogP contribution in [0.3, 0.4) is 0 Å². The zero-order chi connectivity index (χ0) is 23.8. The average molecular weight is 457 g/mol. The molecule has 0 atom stereocenters. The van der Waals surface area contributed by atoms with Crippen LogP contribution in [0.4, 0.5) is 0 Å². The SMILES string of the molecule is CCOc1cc(C(=O)N(C)Cc2cnn(Cc3ccccc3)c2)ccc1OCc1ccncc1. The van der Waals surface area contributed by atoms with Crippen molar-refractivity contribution in [2.24, 2.45) is 0 Å². The van der Waals surface area contributed by atoms with Gasteiger partial charge in [-0.2, -0.15) is 5.10 Å². The Morgan fingerprint density at radius 3 is 2.50 bits per heavy atom. The van der Waals surface area contributed by atoms with E-state index in [9.17, 15) is 4.79 Å². The fourth-order valence-corrected chi connectivity index (χ4v) is 3.58. The van der Waals surface area contributed by atoms with E-state index < -0.39 is 0 Å². The molecule has 0 spiro atoms. The van der Waals surface area contributed by atoms with Gasteiger partial charge in [0.25, 0.3) is 5.91 Å². The van der Waals surface area contributed by atoms with Crippen molar-refractivity contribution in [3.63, 3.8) is 0 Å². The molecule has 0 saturated heterocycles. The number of carbonyl (C=O) groups excluding carboxylic acids is 1. The number of rotatable bonds is 10. The van der Waals surface area contributed by atoms with Crippen LogP contribution in [0.25, 0.3) is 0 Å². The summed E-state index contributed by atoms with van der Waals surface area (Å²) in [6.45, 7) is 3.91. The first-order valence-corrected chi connectivity index (χ1v) is 11.2. The van der Waals surface area contributed by atoms with E-state index in [0.717, 1.165) is 11.1 Å². The van der Waals surface area contributed by atoms with Crippen molar-refractivity contribution < 1.29 is 14.3 Å². The maximum atomic E-state index is 13.1. The molecule has 0 N–H and O–H groups in total. The molecule has 0 bridgehead atoms. The van der Waals surface area contributed by atoms with Gasteiger partial charge in [0.2, 0.25) is 0 Å². The Bertz CT molecular complexity index is 1210. The first-order valence-electron chi connectivity index (χ1n) is 11.2. The Balaban J connectivity index is 1.40. The van der Waals surface area contributed by atoms with Crippen LogP contribution < -0.4 is 9.47 Å². The van der Waals surface area contributed by atoms with Crippen LogP contribution in [0, 0.1) is 0 Å². The monoisotopic (exact) mass is 456 g/mol. The van der Waals surface area contributed by atoms with Gasteiger partial charge in [0.15, 0.2) is 11.5 Å². The first kappa shape index (κ1) is 23.0. The molecule has 0 fully saturated rings. The lowest BCUT2D eigenvalue weighted by Crippen LogP contribution is -2.26. The van der Waals surface area contributed by atoms with Gasteiger partial charge in [0.1, 0.15) is 6.61 Å². The molecule has 34 heavy (non-hydrogen) atoms. The lowest BCUT2D eigenvalue weighted by Gasteiger charge is -2.18. The van der Waals surface area contributed by atoms with Gasteiger partial charge in [0, 0.05) is 43.3 Å². The molecule has 0 radical (unpaired) electrons. The molecule has 0 aliphatic heterocycles. The van der Waals surface area contributed by atoms with E-state index in [1.54, 1.807) is 48.7 Å². The maximum absolute atomic E-state index is 13.1. The summed E-state index contributed by atoms with van der Waals surface area (Å²) in [7, 11) is 1.78. The van der Waals surface area contributed by atoms with Gasteiger partial charge in [-0.25, -0.2) is 0 Å². The highest BCUT2D eigenvalue weighted by atomic mass is 16.5. The van der Waals surface area contributed by atoms with Gasteiger partial charge in [0.05, 0.1) is 19.3 Å². The van der Waals surface area contributed by atoms with Gasteiger partial charge >= 0.3 is 0 Å². The summed E-state index contributed by atoms with van der Waals surface area (Å²) >= 11 is 0. The highest BCUT2D eigenvalue weighted by Gasteiger charge is 2.16. The van der Waals surface area contributed by atoms with Crippen LogP contribution >= 0.6 is 0 Å². The fraction of sp³-hybridized carbons (Fsp3) is 0.222. The molecule has 0 unspecified atom stereocenters. The summed E-state index contributed by atoms with van der Waals surface area (Å²) < 4.78 is 13.6. The molecule has 1 amide bonds. The second-order valence-electron chi connectivity index (χ2n) is 7.93. The van der Waals surface area contributed by atoms with Gasteiger partial charge in [-0.1, -0.05) is 30.3 Å². The maximum Gasteiger partial charge on any atom is 0.254 e. The Hall–Kier alpha value is -4.13. The zero-order valence-corrected chi connectivity index (χ0v) is 19.4. The molecule has 4 rings (SSSR count). The first-order chi connectivity index (χ1) is 16.6. The third-order valence-corrected chi connectivity index (χ3v) is 5.27. The molecule has 0 saturated carbocycles. The predicted octanol–water partition coefficient (Wildman–Crippen LogP) is 4.58. The number of benzene rings is 2. The molecular weight excluding hydrogens is 428 g/mol. The minimum atomic E-state index is -0.0996. The molecule has 7 nitrogen and oxygen atoms in total. The van der Waals surface area contributed by atoms with Gasteiger partial charge in [-0.15, -0.1) is 0 Å². The number of aromatic nitrogens is 3. The Labute approximate surface area is 199 Å². The van der Waals surface area contributed by atoms with Gasteiger partial charge in [-0.3, -0.25) is 14.5 Å². The van der Waals surface area contributed by atoms with Crippen molar-refractivity contribution >= 4 is 5.91 Å². The van der Waals surface area contributed by atoms with Crippen molar-refractivity contribution in [2.75, 3.05) is 13.7 Å². The van der Waals surface area contributed by atoms with E-state index in [2.05, 4.69) is 22.2 Å². The molecule has 2 aromatic carbocycles. The molecule has 2 heterocycles. The van der Waals surface area contributed by atoms with Crippen molar-refractivity contribution in [3.8, 4) is 11.5 Å². The van der Waals surface area contributed by atoms with Gasteiger partial charge < -0.3 is 14.4 Å². The number of ether oxygens (including phenoxy) is 2. The highest BCUT2D eigenvalue weighted by Crippen LogP contribution is 2.30. The number of hydrogen-bond acceptors (Lipinski definition) is 5. The standard InChI is InChI=1S/C27H28N4O3/c1-3-33-26-15-24(9-10-25(26)34-20-22-11-13-28-14-12-22)27(32)30(2)17-23-16-29-31(19-23)18-21-7-5-4-6-8-21/h4-16,19H,3,17-18,20H2,1-2H3. The van der Waals surface area contributed by atoms with Crippen molar-refractivity contribution in [2.45, 2.75) is 26.6 Å². The Kier molecular flexibility index (Phi) is 7.55. The molecule has 2 aromatic heterocycles. The minimum absolute atomic E-state index is 0.0996. The van der Waals surface area contributed by atoms with E-state index in [1.807, 2.05) is 48.1 Å². The summed E-state index contributed by atoms with van der Waals surface area (Å²) in [5.41, 5.74) is 3.69. The van der Waals surface area contributed by atoms with E-state index in [-0.39, 0.29) is 5.91 Å². The Morgan fingerprint density at radius 2 is 1.74 bits per heavy atom. The third kappa shape index (κ3) is 6.01. The smallest absolute Gasteiger partial charge is 0.254 e. The van der Waals surface area contributed by atoms with Crippen molar-refractivity contribution in [3.05, 3.63) is 108 Å². The highest BCUT2D eigenvalue weighted by molar-refractivity contribution is 5.94. The van der Waals surface area contributed by atoms with E-state index >= 15 is 0 Å². The largest absolute Gasteiger partial charge is 0.490 e. The molecular formula is C27H28N4O3. The predicted molar refractivity (Wildman–Crippen MR) is 130 cm³/mol. The summed E-state index contributed by atoms with van der Waals surface area (Å²) in [4.78, 5) is 18.8. The summed E-state index contributed by atoms with van der Waals surface area (Å²) in [5.74, 6) is 1.05. The third-order valence-electron chi connectivity index (χ3n) is 5.27. The quantitative estimate of drug-likeness (QED) is 0.349. The van der Waals surface area contributed by atoms with Crippen LogP contribution in [-0.4, -0.2) is 39.2 Å². The second kappa shape index (κ2) is 11.1. The van der Waals surface area contributed by atoms with Crippen LogP contribution in [0.2, 0.25) is 0 Å². The second-order valence-corrected chi connectivity index (χ2v) is 7.93. The molecule has 0 aliphatic rings. The summed E-state index contributed by atoms with van der Waals surface area (Å²) in [6, 6.07) is 19.2. The lowest BCUT2D eigenvalue weighted by molar-refractivity contribution is 0.0784. The van der Waals surface area contributed by atoms with Crippen LogP contribution in [0.1, 0.15) is 34.0 Å².